The summed E-state index contributed by atoms with van der Waals surface area (Å²) in [6.45, 7) is 4.83. The van der Waals surface area contributed by atoms with Gasteiger partial charge in [0, 0.05) is 12.2 Å². The summed E-state index contributed by atoms with van der Waals surface area (Å²) >= 11 is 0. The number of imidazole rings is 1. The minimum absolute atomic E-state index is 0.406. The predicted molar refractivity (Wildman–Crippen MR) is 51.3 cm³/mol. The molecule has 0 saturated heterocycles. The van der Waals surface area contributed by atoms with Crippen LogP contribution in [0.5, 0.6) is 0 Å². The molecule has 14 heavy (non-hydrogen) atoms. The lowest BCUT2D eigenvalue weighted by Gasteiger charge is -2.20. The molecule has 0 aromatic carbocycles. The van der Waals surface area contributed by atoms with Crippen LogP contribution in [0.4, 0.5) is 0 Å². The second-order valence-electron chi connectivity index (χ2n) is 3.83. The summed E-state index contributed by atoms with van der Waals surface area (Å²) in [5.74, 6) is -0.425. The van der Waals surface area contributed by atoms with Gasteiger partial charge in [0.25, 0.3) is 0 Å². The zero-order valence-electron chi connectivity index (χ0n) is 8.45. The molecule has 1 aromatic rings. The van der Waals surface area contributed by atoms with Crippen LogP contribution in [0.25, 0.3) is 0 Å². The van der Waals surface area contributed by atoms with Crippen LogP contribution < -0.4 is 0 Å². The van der Waals surface area contributed by atoms with E-state index in [2.05, 4.69) is 4.98 Å². The van der Waals surface area contributed by atoms with Gasteiger partial charge in [0.05, 0.1) is 5.69 Å². The molecule has 0 fully saturated rings. The van der Waals surface area contributed by atoms with Crippen molar-refractivity contribution in [2.45, 2.75) is 39.2 Å². The summed E-state index contributed by atoms with van der Waals surface area (Å²) < 4.78 is 2.04. The molecule has 0 saturated carbocycles. The Labute approximate surface area is 82.6 Å². The van der Waals surface area contributed by atoms with E-state index in [0.29, 0.717) is 6.42 Å². The standard InChI is InChI=1S/C10H14N2O2/c1-6-7(2)12-5-3-4-8(10(13)14)9(12)11-6/h8H,3-5H2,1-2H3,(H,13,14). The van der Waals surface area contributed by atoms with E-state index in [9.17, 15) is 4.79 Å². The number of carboxylic acids is 1. The summed E-state index contributed by atoms with van der Waals surface area (Å²) in [5, 5.41) is 9.03. The Balaban J connectivity index is 2.50. The first-order valence-corrected chi connectivity index (χ1v) is 4.87. The number of carboxylic acid groups (broad SMARTS) is 1. The Morgan fingerprint density at radius 1 is 1.57 bits per heavy atom. The first kappa shape index (κ1) is 9.24. The number of aryl methyl sites for hydroxylation is 1. The fourth-order valence-electron chi connectivity index (χ4n) is 2.05. The molecule has 4 nitrogen and oxygen atoms in total. The average molecular weight is 194 g/mol. The van der Waals surface area contributed by atoms with E-state index in [1.807, 2.05) is 18.4 Å². The van der Waals surface area contributed by atoms with E-state index in [-0.39, 0.29) is 0 Å². The van der Waals surface area contributed by atoms with Crippen molar-refractivity contribution in [2.75, 3.05) is 0 Å². The van der Waals surface area contributed by atoms with E-state index in [1.54, 1.807) is 0 Å². The summed E-state index contributed by atoms with van der Waals surface area (Å²) in [6, 6.07) is 0. The molecule has 76 valence electrons. The Bertz CT molecular complexity index is 382. The summed E-state index contributed by atoms with van der Waals surface area (Å²) in [4.78, 5) is 15.3. The van der Waals surface area contributed by atoms with Gasteiger partial charge in [0.1, 0.15) is 11.7 Å². The van der Waals surface area contributed by atoms with Gasteiger partial charge < -0.3 is 9.67 Å². The van der Waals surface area contributed by atoms with Gasteiger partial charge in [0.2, 0.25) is 0 Å². The summed E-state index contributed by atoms with van der Waals surface area (Å²) in [6.07, 6.45) is 1.64. The van der Waals surface area contributed by atoms with Crippen LogP contribution >= 0.6 is 0 Å². The fourth-order valence-corrected chi connectivity index (χ4v) is 2.05. The van der Waals surface area contributed by atoms with Gasteiger partial charge >= 0.3 is 5.97 Å². The molecule has 1 unspecified atom stereocenters. The SMILES string of the molecule is Cc1nc2n(c1C)CCCC2C(=O)O. The third kappa shape index (κ3) is 1.22. The van der Waals surface area contributed by atoms with Gasteiger partial charge in [0.15, 0.2) is 0 Å². The van der Waals surface area contributed by atoms with E-state index in [1.165, 1.54) is 0 Å². The molecule has 1 aliphatic rings. The maximum atomic E-state index is 11.0. The molecule has 4 heteroatoms. The number of aliphatic carboxylic acids is 1. The van der Waals surface area contributed by atoms with E-state index < -0.39 is 11.9 Å². The molecule has 0 spiro atoms. The molecule has 2 rings (SSSR count). The minimum Gasteiger partial charge on any atom is -0.481 e. The van der Waals surface area contributed by atoms with Crippen molar-refractivity contribution in [1.82, 2.24) is 9.55 Å². The first-order valence-electron chi connectivity index (χ1n) is 4.87. The van der Waals surface area contributed by atoms with Crippen molar-refractivity contribution in [3.05, 3.63) is 17.2 Å². The van der Waals surface area contributed by atoms with Gasteiger partial charge in [-0.25, -0.2) is 4.98 Å². The number of rotatable bonds is 1. The lowest BCUT2D eigenvalue weighted by Crippen LogP contribution is -2.22. The topological polar surface area (TPSA) is 55.1 Å². The van der Waals surface area contributed by atoms with Gasteiger partial charge in [-0.1, -0.05) is 0 Å². The highest BCUT2D eigenvalue weighted by atomic mass is 16.4. The molecular formula is C10H14N2O2. The highest BCUT2D eigenvalue weighted by molar-refractivity contribution is 5.75. The van der Waals surface area contributed by atoms with Crippen molar-refractivity contribution in [1.29, 1.82) is 0 Å². The Hall–Kier alpha value is -1.32. The molecule has 0 amide bonds. The maximum absolute atomic E-state index is 11.0. The highest BCUT2D eigenvalue weighted by Crippen LogP contribution is 2.28. The number of aromatic nitrogens is 2. The number of fused-ring (bicyclic) bond motifs is 1. The first-order chi connectivity index (χ1) is 6.61. The molecule has 1 aliphatic heterocycles. The van der Waals surface area contributed by atoms with Gasteiger partial charge in [-0.3, -0.25) is 4.79 Å². The molecular weight excluding hydrogens is 180 g/mol. The highest BCUT2D eigenvalue weighted by Gasteiger charge is 2.29. The summed E-state index contributed by atoms with van der Waals surface area (Å²) in [7, 11) is 0. The Morgan fingerprint density at radius 3 is 2.93 bits per heavy atom. The quantitative estimate of drug-likeness (QED) is 0.736. The Morgan fingerprint density at radius 2 is 2.29 bits per heavy atom. The van der Waals surface area contributed by atoms with Gasteiger partial charge in [-0.15, -0.1) is 0 Å². The van der Waals surface area contributed by atoms with Gasteiger partial charge in [-0.05, 0) is 26.7 Å². The molecule has 0 aliphatic carbocycles. The van der Waals surface area contributed by atoms with Crippen LogP contribution in [0.1, 0.15) is 36.0 Å². The second kappa shape index (κ2) is 3.12. The normalized spacial score (nSPS) is 20.6. The van der Waals surface area contributed by atoms with Crippen LogP contribution in [0.2, 0.25) is 0 Å². The van der Waals surface area contributed by atoms with Crippen molar-refractivity contribution in [2.24, 2.45) is 0 Å². The molecule has 1 aromatic heterocycles. The smallest absolute Gasteiger partial charge is 0.314 e. The zero-order chi connectivity index (χ0) is 10.3. The van der Waals surface area contributed by atoms with Crippen LogP contribution in [-0.2, 0) is 11.3 Å². The average Bonchev–Trinajstić information content (AvgIpc) is 2.43. The lowest BCUT2D eigenvalue weighted by molar-refractivity contribution is -0.139. The van der Waals surface area contributed by atoms with Crippen molar-refractivity contribution < 1.29 is 9.90 Å². The molecule has 1 N–H and O–H groups in total. The van der Waals surface area contributed by atoms with Crippen LogP contribution in [0.3, 0.4) is 0 Å². The van der Waals surface area contributed by atoms with Crippen molar-refractivity contribution in [3.8, 4) is 0 Å². The largest absolute Gasteiger partial charge is 0.481 e. The minimum atomic E-state index is -0.754. The number of hydrogen-bond donors (Lipinski definition) is 1. The van der Waals surface area contributed by atoms with E-state index in [4.69, 9.17) is 5.11 Å². The Kier molecular flexibility index (Phi) is 2.06. The van der Waals surface area contributed by atoms with Crippen LogP contribution in [0, 0.1) is 13.8 Å². The van der Waals surface area contributed by atoms with E-state index in [0.717, 1.165) is 30.2 Å². The molecule has 0 radical (unpaired) electrons. The number of carbonyl (C=O) groups is 1. The maximum Gasteiger partial charge on any atom is 0.314 e. The lowest BCUT2D eigenvalue weighted by atomic mass is 9.99. The summed E-state index contributed by atoms with van der Waals surface area (Å²) in [5.41, 5.74) is 2.05. The third-order valence-corrected chi connectivity index (χ3v) is 2.97. The van der Waals surface area contributed by atoms with Crippen molar-refractivity contribution >= 4 is 5.97 Å². The fraction of sp³-hybridized carbons (Fsp3) is 0.600. The molecule has 1 atom stereocenters. The predicted octanol–water partition coefficient (Wildman–Crippen LogP) is 1.46. The van der Waals surface area contributed by atoms with Gasteiger partial charge in [-0.2, -0.15) is 0 Å². The van der Waals surface area contributed by atoms with Crippen LogP contribution in [-0.4, -0.2) is 20.6 Å². The number of hydrogen-bond acceptors (Lipinski definition) is 2. The van der Waals surface area contributed by atoms with E-state index >= 15 is 0 Å². The second-order valence-corrected chi connectivity index (χ2v) is 3.83. The third-order valence-electron chi connectivity index (χ3n) is 2.97. The molecule has 0 bridgehead atoms. The monoisotopic (exact) mass is 194 g/mol. The molecule has 2 heterocycles. The number of nitrogens with zero attached hydrogens (tertiary/aromatic N) is 2. The zero-order valence-corrected chi connectivity index (χ0v) is 8.45. The van der Waals surface area contributed by atoms with Crippen molar-refractivity contribution in [3.63, 3.8) is 0 Å². The van der Waals surface area contributed by atoms with Crippen LogP contribution in [0.15, 0.2) is 0 Å².